The van der Waals surface area contributed by atoms with E-state index in [4.69, 9.17) is 23.1 Å². The number of ether oxygens (including phenoxy) is 3. The minimum atomic E-state index is -2.40. The van der Waals surface area contributed by atoms with Crippen LogP contribution in [0.25, 0.3) is 0 Å². The number of carbonyl (C=O) groups is 2. The van der Waals surface area contributed by atoms with Gasteiger partial charge >= 0.3 is 12.1 Å². The molecule has 1 amide bonds. The molecule has 67 heavy (non-hydrogen) atoms. The van der Waals surface area contributed by atoms with Crippen LogP contribution < -0.4 is 0 Å². The average Bonchev–Trinajstić information content (AvgIpc) is 4.03. The van der Waals surface area contributed by atoms with Crippen molar-refractivity contribution in [2.45, 2.75) is 256 Å². The predicted octanol–water partition coefficient (Wildman–Crippen LogP) is 9.27. The summed E-state index contributed by atoms with van der Waals surface area (Å²) in [7, 11) is -4.44. The smallest absolute Gasteiger partial charge is 0.410 e. The second-order valence-corrected chi connectivity index (χ2v) is 34.0. The maximum Gasteiger partial charge on any atom is 0.410 e. The molecule has 4 aliphatic rings. The first-order valence-corrected chi connectivity index (χ1v) is 31.7. The van der Waals surface area contributed by atoms with Crippen molar-refractivity contribution in [3.05, 3.63) is 23.8 Å². The van der Waals surface area contributed by atoms with Gasteiger partial charge in [0, 0.05) is 56.6 Å². The molecule has 0 radical (unpaired) electrons. The van der Waals surface area contributed by atoms with Gasteiger partial charge in [0.1, 0.15) is 23.9 Å². The van der Waals surface area contributed by atoms with E-state index >= 15 is 0 Å². The number of aliphatic hydroxyl groups is 4. The zero-order valence-electron chi connectivity index (χ0n) is 44.7. The number of aliphatic hydroxyl groups excluding tert-OH is 2. The normalized spacial score (nSPS) is 31.8. The number of nitrogens with zero attached hydrogens (tertiary/aromatic N) is 2. The summed E-state index contributed by atoms with van der Waals surface area (Å²) in [6.45, 7) is 35.5. The van der Waals surface area contributed by atoms with Gasteiger partial charge in [-0.2, -0.15) is 0 Å². The van der Waals surface area contributed by atoms with E-state index in [0.717, 1.165) is 19.5 Å². The van der Waals surface area contributed by atoms with Crippen molar-refractivity contribution in [2.24, 2.45) is 11.8 Å². The minimum absolute atomic E-state index is 0.00875. The van der Waals surface area contributed by atoms with Gasteiger partial charge in [0.15, 0.2) is 22.7 Å². The van der Waals surface area contributed by atoms with Crippen molar-refractivity contribution in [1.82, 2.24) is 9.80 Å². The Bertz CT molecular complexity index is 1660. The van der Waals surface area contributed by atoms with Crippen molar-refractivity contribution in [1.29, 1.82) is 0 Å². The van der Waals surface area contributed by atoms with Crippen LogP contribution in [0.3, 0.4) is 0 Å². The van der Waals surface area contributed by atoms with Crippen LogP contribution >= 0.6 is 0 Å². The number of rotatable bonds is 15. The van der Waals surface area contributed by atoms with E-state index in [1.54, 1.807) is 30.9 Å². The van der Waals surface area contributed by atoms with Crippen LogP contribution in [0, 0.1) is 11.8 Å². The molecule has 0 aromatic carbocycles. The van der Waals surface area contributed by atoms with E-state index in [1.165, 1.54) is 51.5 Å². The Morgan fingerprint density at radius 1 is 0.940 bits per heavy atom. The van der Waals surface area contributed by atoms with E-state index < -0.39 is 76.3 Å². The van der Waals surface area contributed by atoms with Gasteiger partial charge in [-0.25, -0.2) is 4.79 Å². The lowest BCUT2D eigenvalue weighted by Gasteiger charge is -2.41. The summed E-state index contributed by atoms with van der Waals surface area (Å²) in [5.41, 5.74) is -2.76. The molecule has 15 heteroatoms. The molecule has 0 bridgehead atoms. The fraction of sp³-hybridized carbons (Fsp3) is 0.885. The number of epoxide rings is 1. The van der Waals surface area contributed by atoms with Gasteiger partial charge in [-0.15, -0.1) is 0 Å². The van der Waals surface area contributed by atoms with E-state index in [-0.39, 0.29) is 53.6 Å². The lowest BCUT2D eigenvalue weighted by Crippen LogP contribution is -2.53. The van der Waals surface area contributed by atoms with E-state index in [2.05, 4.69) is 86.5 Å². The Kier molecular flexibility index (Phi) is 20.1. The highest BCUT2D eigenvalue weighted by molar-refractivity contribution is 6.74. The highest BCUT2D eigenvalue weighted by atomic mass is 28.4. The summed E-state index contributed by atoms with van der Waals surface area (Å²) < 4.78 is 32.2. The monoisotopic (exact) mass is 981 g/mol. The first kappa shape index (κ1) is 57.9. The second kappa shape index (κ2) is 23.3. The zero-order valence-corrected chi connectivity index (χ0v) is 46.7. The molecule has 1 saturated carbocycles. The molecule has 4 rings (SSSR count). The van der Waals surface area contributed by atoms with Crippen molar-refractivity contribution in [3.63, 3.8) is 0 Å². The molecule has 0 aromatic rings. The second-order valence-electron chi connectivity index (χ2n) is 24.5. The quantitative estimate of drug-likeness (QED) is 0.0404. The van der Waals surface area contributed by atoms with Gasteiger partial charge in [-0.3, -0.25) is 9.69 Å². The zero-order chi connectivity index (χ0) is 50.5. The van der Waals surface area contributed by atoms with Crippen LogP contribution in [0.2, 0.25) is 36.3 Å². The lowest BCUT2D eigenvalue weighted by molar-refractivity contribution is -0.151. The van der Waals surface area contributed by atoms with Gasteiger partial charge in [0.05, 0.1) is 30.3 Å². The summed E-state index contributed by atoms with van der Waals surface area (Å²) in [6.07, 6.45) is 7.19. The molecule has 13 nitrogen and oxygen atoms in total. The first-order valence-electron chi connectivity index (χ1n) is 25.9. The van der Waals surface area contributed by atoms with Crippen molar-refractivity contribution in [2.75, 3.05) is 26.2 Å². The summed E-state index contributed by atoms with van der Waals surface area (Å²) in [4.78, 5) is 32.1. The number of amides is 1. The maximum atomic E-state index is 13.9. The van der Waals surface area contributed by atoms with E-state index in [0.29, 0.717) is 31.1 Å². The standard InChI is InChI=1S/C52H96N2O11Si2/c1-17-41(65-67(15,16)50(8,9)10)37(4)46-42(61-46)34-52(12,60)47(57)40(55)32-36(3)45-35(2)24-25-43(62-48(58)54-30-28-53(29-31-54)38-22-20-18-19-21-23-38)51(11,59)27-26-39(33-44(56)63-45)64-66(13,14)49(5,6)7/h24-25,32,35,37-43,45-47,55,57,59-60H,17-23,26-31,33-34H2,1-16H3/b25-24-,36-32+/t35-,37+,39+,40?,41-,42+,43-,45-,46-,47?,51+,52+/m0/s1. The highest BCUT2D eigenvalue weighted by Gasteiger charge is 2.52. The minimum Gasteiger partial charge on any atom is -0.457 e. The fourth-order valence-corrected chi connectivity index (χ4v) is 12.6. The van der Waals surface area contributed by atoms with Crippen LogP contribution in [0.15, 0.2) is 23.8 Å². The molecular formula is C52H96N2O11Si2. The summed E-state index contributed by atoms with van der Waals surface area (Å²) in [6, 6.07) is 0.557. The van der Waals surface area contributed by atoms with Crippen LogP contribution in [-0.2, 0) is 27.9 Å². The van der Waals surface area contributed by atoms with Crippen molar-refractivity contribution < 1.29 is 53.1 Å². The highest BCUT2D eigenvalue weighted by Crippen LogP contribution is 2.44. The molecule has 1 aliphatic carbocycles. The number of cyclic esters (lactones) is 1. The Morgan fingerprint density at radius 2 is 1.52 bits per heavy atom. The lowest BCUT2D eigenvalue weighted by atomic mass is 9.85. The number of carbonyl (C=O) groups excluding carboxylic acids is 2. The van der Waals surface area contributed by atoms with Gasteiger partial charge in [0.2, 0.25) is 0 Å². The maximum absolute atomic E-state index is 13.9. The Balaban J connectivity index is 1.54. The third-order valence-electron chi connectivity index (χ3n) is 16.6. The molecule has 3 heterocycles. The number of hydrogen-bond donors (Lipinski definition) is 4. The molecule has 2 unspecified atom stereocenters. The predicted molar refractivity (Wildman–Crippen MR) is 271 cm³/mol. The molecule has 0 aromatic heterocycles. The number of piperazine rings is 1. The molecule has 388 valence electrons. The van der Waals surface area contributed by atoms with E-state index in [1.807, 2.05) is 6.92 Å². The third kappa shape index (κ3) is 15.9. The fourth-order valence-electron chi connectivity index (χ4n) is 9.67. The average molecular weight is 982 g/mol. The Labute approximate surface area is 408 Å². The van der Waals surface area contributed by atoms with E-state index in [9.17, 15) is 30.0 Å². The van der Waals surface area contributed by atoms with Crippen LogP contribution in [-0.4, -0.2) is 151 Å². The Hall–Kier alpha value is -1.67. The van der Waals surface area contributed by atoms with Gasteiger partial charge < -0.3 is 48.4 Å². The molecule has 12 atom stereocenters. The summed E-state index contributed by atoms with van der Waals surface area (Å²) in [5.74, 6) is -0.949. The van der Waals surface area contributed by atoms with Crippen LogP contribution in [0.5, 0.6) is 0 Å². The van der Waals surface area contributed by atoms with Crippen molar-refractivity contribution in [3.8, 4) is 0 Å². The number of esters is 1. The van der Waals surface area contributed by atoms with Crippen molar-refractivity contribution >= 4 is 28.7 Å². The van der Waals surface area contributed by atoms with Gasteiger partial charge in [-0.1, -0.05) is 100 Å². The molecule has 0 spiro atoms. The third-order valence-corrected chi connectivity index (χ3v) is 25.6. The molecule has 3 aliphatic heterocycles. The molecule has 2 saturated heterocycles. The summed E-state index contributed by atoms with van der Waals surface area (Å²) >= 11 is 0. The summed E-state index contributed by atoms with van der Waals surface area (Å²) in [5, 5.41) is 46.8. The topological polar surface area (TPSA) is 171 Å². The number of hydrogen-bond acceptors (Lipinski definition) is 12. The van der Waals surface area contributed by atoms with Gasteiger partial charge in [0.25, 0.3) is 0 Å². The largest absolute Gasteiger partial charge is 0.457 e. The SMILES string of the molecule is CC[C@H](O[Si](C)(C)C(C)(C)C)[C@@H](C)[C@@H]1O[C@@H]1C[C@@](C)(O)C(O)C(O)/C=C(\C)[C@H]1OC(=O)C[C@H](O[Si](C)(C)C(C)(C)C)CC[C@@](C)(O)[C@@H](OC(=O)N2CCN(C3CCCCCC3)CC2)/C=C\[C@@H]1C. The van der Waals surface area contributed by atoms with Crippen LogP contribution in [0.4, 0.5) is 4.79 Å². The molecule has 4 N–H and O–H groups in total. The van der Waals surface area contributed by atoms with Gasteiger partial charge in [-0.05, 0) is 101 Å². The molecular weight excluding hydrogens is 885 g/mol. The van der Waals surface area contributed by atoms with Crippen LogP contribution in [0.1, 0.15) is 154 Å². The Morgan fingerprint density at radius 3 is 2.07 bits per heavy atom. The first-order chi connectivity index (χ1) is 30.8. The molecule has 3 fully saturated rings.